The highest BCUT2D eigenvalue weighted by molar-refractivity contribution is 6.09. The van der Waals surface area contributed by atoms with Gasteiger partial charge in [-0.2, -0.15) is 0 Å². The predicted molar refractivity (Wildman–Crippen MR) is 58.3 cm³/mol. The molecule has 1 aliphatic heterocycles. The summed E-state index contributed by atoms with van der Waals surface area (Å²) >= 11 is 0. The first-order valence-corrected chi connectivity index (χ1v) is 4.83. The van der Waals surface area contributed by atoms with Gasteiger partial charge in [0.25, 0.3) is 0 Å². The van der Waals surface area contributed by atoms with Crippen molar-refractivity contribution < 1.29 is 9.53 Å². The van der Waals surface area contributed by atoms with Crippen LogP contribution in [0.1, 0.15) is 23.7 Å². The summed E-state index contributed by atoms with van der Waals surface area (Å²) in [6.45, 7) is 5.51. The van der Waals surface area contributed by atoms with Crippen LogP contribution < -0.4 is 0 Å². The molecule has 0 aromatic heterocycles. The summed E-state index contributed by atoms with van der Waals surface area (Å²) in [6, 6.07) is 9.22. The normalized spacial score (nSPS) is 15.4. The van der Waals surface area contributed by atoms with E-state index in [-0.39, 0.29) is 5.78 Å². The molecule has 0 amide bonds. The molecule has 0 saturated heterocycles. The van der Waals surface area contributed by atoms with Gasteiger partial charge in [-0.05, 0) is 6.92 Å². The van der Waals surface area contributed by atoms with Gasteiger partial charge in [0.1, 0.15) is 11.5 Å². The Morgan fingerprint density at radius 3 is 2.53 bits per heavy atom. The van der Waals surface area contributed by atoms with Crippen molar-refractivity contribution in [3.05, 3.63) is 59.6 Å². The van der Waals surface area contributed by atoms with E-state index >= 15 is 0 Å². The van der Waals surface area contributed by atoms with Crippen molar-refractivity contribution in [3.8, 4) is 0 Å². The van der Waals surface area contributed by atoms with E-state index in [9.17, 15) is 4.79 Å². The second-order valence-corrected chi connectivity index (χ2v) is 3.55. The topological polar surface area (TPSA) is 26.3 Å². The predicted octanol–water partition coefficient (Wildman–Crippen LogP) is 3.08. The van der Waals surface area contributed by atoms with Gasteiger partial charge >= 0.3 is 0 Å². The van der Waals surface area contributed by atoms with Crippen molar-refractivity contribution in [1.29, 1.82) is 0 Å². The minimum atomic E-state index is 0.0340. The van der Waals surface area contributed by atoms with E-state index in [1.54, 1.807) is 6.92 Å². The number of carbonyl (C=O) groups is 1. The summed E-state index contributed by atoms with van der Waals surface area (Å²) in [5, 5.41) is 0. The van der Waals surface area contributed by atoms with Crippen LogP contribution in [0.25, 0.3) is 0 Å². The molecule has 1 aromatic rings. The number of ether oxygens (including phenoxy) is 1. The second-order valence-electron chi connectivity index (χ2n) is 3.55. The molecule has 2 heteroatoms. The van der Waals surface area contributed by atoms with Crippen molar-refractivity contribution in [2.45, 2.75) is 13.3 Å². The zero-order valence-electron chi connectivity index (χ0n) is 8.62. The third-order valence-electron chi connectivity index (χ3n) is 2.41. The van der Waals surface area contributed by atoms with Gasteiger partial charge in [0.15, 0.2) is 5.78 Å². The van der Waals surface area contributed by atoms with Crippen LogP contribution in [-0.2, 0) is 4.74 Å². The molecule has 1 heterocycles. The minimum Gasteiger partial charge on any atom is -0.466 e. The van der Waals surface area contributed by atoms with Gasteiger partial charge in [-0.1, -0.05) is 36.9 Å². The maximum atomic E-state index is 12.0. The third kappa shape index (κ3) is 1.84. The van der Waals surface area contributed by atoms with Crippen LogP contribution in [-0.4, -0.2) is 5.78 Å². The third-order valence-corrected chi connectivity index (χ3v) is 2.41. The van der Waals surface area contributed by atoms with Gasteiger partial charge in [-0.25, -0.2) is 0 Å². The Hall–Kier alpha value is -1.83. The number of ketones is 1. The number of carbonyl (C=O) groups excluding carboxylic acids is 1. The molecule has 0 radical (unpaired) electrons. The van der Waals surface area contributed by atoms with Crippen molar-refractivity contribution in [2.75, 3.05) is 0 Å². The summed E-state index contributed by atoms with van der Waals surface area (Å²) in [5.74, 6) is 1.35. The fourth-order valence-electron chi connectivity index (χ4n) is 1.64. The Bertz CT molecular complexity index is 441. The van der Waals surface area contributed by atoms with Crippen LogP contribution in [0.3, 0.4) is 0 Å². The van der Waals surface area contributed by atoms with Gasteiger partial charge in [0, 0.05) is 17.6 Å². The molecule has 0 N–H and O–H groups in total. The molecule has 2 nitrogen and oxygen atoms in total. The van der Waals surface area contributed by atoms with Crippen molar-refractivity contribution in [3.63, 3.8) is 0 Å². The van der Waals surface area contributed by atoms with Crippen LogP contribution in [0.2, 0.25) is 0 Å². The second kappa shape index (κ2) is 3.73. The minimum absolute atomic E-state index is 0.0340. The van der Waals surface area contributed by atoms with Crippen molar-refractivity contribution in [1.82, 2.24) is 0 Å². The molecular formula is C13H12O2. The van der Waals surface area contributed by atoms with E-state index in [4.69, 9.17) is 4.74 Å². The molecule has 1 aromatic carbocycles. The van der Waals surface area contributed by atoms with Crippen LogP contribution in [0.15, 0.2) is 54.0 Å². The average Bonchev–Trinajstić information content (AvgIpc) is 2.58. The first kappa shape index (κ1) is 9.71. The van der Waals surface area contributed by atoms with Gasteiger partial charge in [-0.3, -0.25) is 4.79 Å². The molecule has 1 aliphatic rings. The van der Waals surface area contributed by atoms with Gasteiger partial charge in [0.05, 0.1) is 0 Å². The van der Waals surface area contributed by atoms with Crippen LogP contribution >= 0.6 is 0 Å². The van der Waals surface area contributed by atoms with Crippen LogP contribution in [0, 0.1) is 0 Å². The average molecular weight is 200 g/mol. The maximum absolute atomic E-state index is 12.0. The van der Waals surface area contributed by atoms with E-state index in [0.29, 0.717) is 29.1 Å². The molecule has 0 spiro atoms. The number of Topliss-reactive ketones (excluding diaryl/α,β-unsaturated/α-hetero) is 1. The molecule has 0 aliphatic carbocycles. The summed E-state index contributed by atoms with van der Waals surface area (Å²) in [7, 11) is 0. The first-order chi connectivity index (χ1) is 7.18. The quantitative estimate of drug-likeness (QED) is 0.686. The van der Waals surface area contributed by atoms with Gasteiger partial charge < -0.3 is 4.74 Å². The van der Waals surface area contributed by atoms with Crippen LogP contribution in [0.5, 0.6) is 0 Å². The Morgan fingerprint density at radius 2 is 2.00 bits per heavy atom. The van der Waals surface area contributed by atoms with Crippen molar-refractivity contribution >= 4 is 5.78 Å². The van der Waals surface area contributed by atoms with Gasteiger partial charge in [-0.15, -0.1) is 0 Å². The zero-order valence-corrected chi connectivity index (χ0v) is 8.62. The molecule has 0 unspecified atom stereocenters. The van der Waals surface area contributed by atoms with Crippen molar-refractivity contribution in [2.24, 2.45) is 0 Å². The SMILES string of the molecule is C=C1CC(C(=O)c2ccccc2)=C(C)O1. The van der Waals surface area contributed by atoms with E-state index in [0.717, 1.165) is 0 Å². The maximum Gasteiger partial charge on any atom is 0.192 e. The lowest BCUT2D eigenvalue weighted by atomic mass is 10.0. The summed E-state index contributed by atoms with van der Waals surface area (Å²) < 4.78 is 5.28. The summed E-state index contributed by atoms with van der Waals surface area (Å²) in [6.07, 6.45) is 0.527. The molecule has 76 valence electrons. The lowest BCUT2D eigenvalue weighted by Crippen LogP contribution is -2.02. The number of hydrogen-bond donors (Lipinski definition) is 0. The molecule has 0 fully saturated rings. The first-order valence-electron chi connectivity index (χ1n) is 4.83. The number of hydrogen-bond acceptors (Lipinski definition) is 2. The monoisotopic (exact) mass is 200 g/mol. The highest BCUT2D eigenvalue weighted by Gasteiger charge is 2.23. The summed E-state index contributed by atoms with van der Waals surface area (Å²) in [4.78, 5) is 12.0. The smallest absolute Gasteiger partial charge is 0.192 e. The molecule has 0 atom stereocenters. The molecule has 0 saturated carbocycles. The lowest BCUT2D eigenvalue weighted by Gasteiger charge is -2.00. The molecule has 0 bridgehead atoms. The molecule has 2 rings (SSSR count). The number of rotatable bonds is 2. The van der Waals surface area contributed by atoms with E-state index in [2.05, 4.69) is 6.58 Å². The Labute approximate surface area is 88.9 Å². The molecular weight excluding hydrogens is 188 g/mol. The fraction of sp³-hybridized carbons (Fsp3) is 0.154. The highest BCUT2D eigenvalue weighted by atomic mass is 16.5. The molecule has 15 heavy (non-hydrogen) atoms. The lowest BCUT2D eigenvalue weighted by molar-refractivity contribution is 0.103. The number of benzene rings is 1. The highest BCUT2D eigenvalue weighted by Crippen LogP contribution is 2.28. The van der Waals surface area contributed by atoms with Crippen LogP contribution in [0.4, 0.5) is 0 Å². The number of allylic oxidation sites excluding steroid dienone is 2. The Kier molecular flexibility index (Phi) is 2.42. The van der Waals surface area contributed by atoms with Gasteiger partial charge in [0.2, 0.25) is 0 Å². The van der Waals surface area contributed by atoms with E-state index in [1.807, 2.05) is 30.3 Å². The zero-order chi connectivity index (χ0) is 10.8. The van der Waals surface area contributed by atoms with E-state index in [1.165, 1.54) is 0 Å². The van der Waals surface area contributed by atoms with E-state index < -0.39 is 0 Å². The Balaban J connectivity index is 2.30. The standard InChI is InChI=1S/C13H12O2/c1-9-8-12(10(2)15-9)13(14)11-6-4-3-5-7-11/h3-7H,1,8H2,2H3. The largest absolute Gasteiger partial charge is 0.466 e. The fourth-order valence-corrected chi connectivity index (χ4v) is 1.64. The Morgan fingerprint density at radius 1 is 1.33 bits per heavy atom. The summed E-state index contributed by atoms with van der Waals surface area (Å²) in [5.41, 5.74) is 1.41.